The normalized spacial score (nSPS) is 11.6. The van der Waals surface area contributed by atoms with Gasteiger partial charge in [0.2, 0.25) is 22.8 Å². The monoisotopic (exact) mass is 1410 g/mol. The third kappa shape index (κ3) is 11.3. The molecule has 5 aromatic heterocycles. The van der Waals surface area contributed by atoms with E-state index in [1.165, 1.54) is 184 Å². The Morgan fingerprint density at radius 3 is 1.03 bits per heavy atom. The molecule has 0 saturated heterocycles. The van der Waals surface area contributed by atoms with Gasteiger partial charge in [-0.1, -0.05) is 291 Å². The van der Waals surface area contributed by atoms with Crippen LogP contribution in [0.3, 0.4) is 0 Å². The van der Waals surface area contributed by atoms with Crippen LogP contribution >= 0.6 is 0 Å². The maximum Gasteiger partial charge on any atom is 0.227 e. The Bertz CT molecular complexity index is 6740. The van der Waals surface area contributed by atoms with E-state index in [-0.39, 0.29) is 0 Å². The van der Waals surface area contributed by atoms with Crippen LogP contribution in [0.25, 0.3) is 200 Å². The Morgan fingerprint density at radius 1 is 0.236 bits per heavy atom. The molecule has 522 valence electrons. The van der Waals surface area contributed by atoms with E-state index in [1.807, 2.05) is 6.92 Å². The maximum atomic E-state index is 6.49. The second-order valence-electron chi connectivity index (χ2n) is 29.4. The number of fused-ring (bicyclic) bond motifs is 27. The molecule has 5 heteroatoms. The zero-order chi connectivity index (χ0) is 74.3. The summed E-state index contributed by atoms with van der Waals surface area (Å²) in [6.45, 7) is 8.59. The van der Waals surface area contributed by atoms with Gasteiger partial charge in [0, 0.05) is 56.9 Å². The quantitative estimate of drug-likeness (QED) is 0.165. The van der Waals surface area contributed by atoms with Gasteiger partial charge >= 0.3 is 0 Å². The predicted molar refractivity (Wildman–Crippen MR) is 455 cm³/mol. The molecule has 0 unspecified atom stereocenters. The second-order valence-corrected chi connectivity index (χ2v) is 29.4. The number of hydrogen-bond donors (Lipinski definition) is 0. The van der Waals surface area contributed by atoms with Crippen LogP contribution in [-0.4, -0.2) is 4.98 Å². The fourth-order valence-corrected chi connectivity index (χ4v) is 17.6. The summed E-state index contributed by atoms with van der Waals surface area (Å²) in [5.41, 5.74) is 46.2. The number of nitrogens with zero attached hydrogens (tertiary/aromatic N) is 4. The lowest BCUT2D eigenvalue weighted by Gasteiger charge is -2.24. The van der Waals surface area contributed by atoms with Gasteiger partial charge in [-0.2, -0.15) is 0 Å². The zero-order valence-electron chi connectivity index (χ0n) is 62.7. The summed E-state index contributed by atoms with van der Waals surface area (Å²) in [6.07, 6.45) is 6.71. The van der Waals surface area contributed by atoms with Crippen molar-refractivity contribution in [1.29, 1.82) is 0 Å². The second kappa shape index (κ2) is 27.6. The summed E-state index contributed by atoms with van der Waals surface area (Å²) < 4.78 is 13.3. The molecule has 5 nitrogen and oxygen atoms in total. The molecule has 18 aromatic rings. The minimum atomic E-state index is 0.687. The largest absolute Gasteiger partial charge is 0.437 e. The summed E-state index contributed by atoms with van der Waals surface area (Å²) in [6, 6.07) is 121. The fraction of sp³-hybridized carbons (Fsp3) is 0.0667. The van der Waals surface area contributed by atoms with E-state index in [2.05, 4.69) is 408 Å². The van der Waals surface area contributed by atoms with Gasteiger partial charge in [-0.15, -0.1) is 0 Å². The SMILES string of the molecule is Cc1ccc(-c2ccccc2)cc1-c1c2c(cc[n+]1C)-c1ccccc1-c1ccccc1-c1ccccc1-2.Cc1ccc2c(n1)oc1c(-c3cc4c(c[n+]3C)-c3ccccc3-c3ccccc3-c3ccccc3-4)c(C)ccc12.Cc1ccccc1-c1c2c(cc[n+]1C)-c1ccccc1-c1ccccc1-c1ccccc1-2. The van der Waals surface area contributed by atoms with Crippen LogP contribution in [0.15, 0.2) is 357 Å². The molecule has 0 N–H and O–H groups in total. The Hall–Kier alpha value is -13.7. The van der Waals surface area contributed by atoms with Crippen molar-refractivity contribution in [3.63, 3.8) is 0 Å². The highest BCUT2D eigenvalue weighted by atomic mass is 16.3. The van der Waals surface area contributed by atoms with Crippen LogP contribution in [-0.2, 0) is 21.1 Å². The van der Waals surface area contributed by atoms with E-state index in [9.17, 15) is 0 Å². The van der Waals surface area contributed by atoms with Gasteiger partial charge in [0.05, 0.1) is 27.8 Å². The van der Waals surface area contributed by atoms with E-state index in [1.54, 1.807) is 0 Å². The van der Waals surface area contributed by atoms with Crippen LogP contribution < -0.4 is 13.7 Å². The molecule has 3 aliphatic rings. The van der Waals surface area contributed by atoms with Crippen molar-refractivity contribution in [3.8, 4) is 178 Å². The maximum absolute atomic E-state index is 6.49. The van der Waals surface area contributed by atoms with Crippen molar-refractivity contribution in [2.45, 2.75) is 27.7 Å². The highest BCUT2D eigenvalue weighted by Crippen LogP contribution is 2.54. The van der Waals surface area contributed by atoms with Gasteiger partial charge < -0.3 is 4.42 Å². The molecule has 0 radical (unpaired) electrons. The van der Waals surface area contributed by atoms with Gasteiger partial charge in [-0.05, 0) is 180 Å². The summed E-state index contributed by atoms with van der Waals surface area (Å²) in [5.74, 6) is 0. The summed E-state index contributed by atoms with van der Waals surface area (Å²) in [4.78, 5) is 4.70. The number of furan rings is 1. The molecule has 5 heterocycles. The molecule has 0 amide bonds. The Labute approximate surface area is 643 Å². The average molecular weight is 1410 g/mol. The van der Waals surface area contributed by atoms with E-state index >= 15 is 0 Å². The van der Waals surface area contributed by atoms with E-state index in [0.29, 0.717) is 5.71 Å². The number of benzene rings is 13. The number of aryl methyl sites for hydroxylation is 7. The molecule has 0 spiro atoms. The van der Waals surface area contributed by atoms with Gasteiger partial charge in [-0.3, -0.25) is 0 Å². The highest BCUT2D eigenvalue weighted by Gasteiger charge is 2.34. The van der Waals surface area contributed by atoms with Crippen LogP contribution in [0.1, 0.15) is 22.4 Å². The van der Waals surface area contributed by atoms with Crippen molar-refractivity contribution in [1.82, 2.24) is 4.98 Å². The van der Waals surface area contributed by atoms with Crippen molar-refractivity contribution in [2.24, 2.45) is 21.1 Å². The first-order valence-electron chi connectivity index (χ1n) is 38.0. The minimum Gasteiger partial charge on any atom is -0.437 e. The first-order chi connectivity index (χ1) is 54.0. The van der Waals surface area contributed by atoms with Gasteiger partial charge in [-0.25, -0.2) is 18.7 Å². The van der Waals surface area contributed by atoms with Crippen LogP contribution in [0.4, 0.5) is 0 Å². The van der Waals surface area contributed by atoms with Gasteiger partial charge in [0.15, 0.2) is 24.2 Å². The Kier molecular flexibility index (Phi) is 16.8. The first-order valence-corrected chi connectivity index (χ1v) is 38.0. The Morgan fingerprint density at radius 2 is 0.582 bits per heavy atom. The van der Waals surface area contributed by atoms with Crippen LogP contribution in [0.5, 0.6) is 0 Å². The molecule has 3 aliphatic carbocycles. The van der Waals surface area contributed by atoms with Crippen LogP contribution in [0.2, 0.25) is 0 Å². The highest BCUT2D eigenvalue weighted by molar-refractivity contribution is 6.11. The number of pyridine rings is 4. The minimum absolute atomic E-state index is 0.687. The lowest BCUT2D eigenvalue weighted by atomic mass is 9.79. The molecule has 0 aliphatic heterocycles. The molecule has 0 atom stereocenters. The van der Waals surface area contributed by atoms with E-state index in [0.717, 1.165) is 33.3 Å². The molecule has 0 fully saturated rings. The van der Waals surface area contributed by atoms with Gasteiger partial charge in [0.25, 0.3) is 0 Å². The summed E-state index contributed by atoms with van der Waals surface area (Å²) >= 11 is 0. The smallest absolute Gasteiger partial charge is 0.227 e. The molecular weight excluding hydrogens is 1330 g/mol. The zero-order valence-corrected chi connectivity index (χ0v) is 62.7. The summed E-state index contributed by atoms with van der Waals surface area (Å²) in [5, 5.41) is 2.14. The average Bonchev–Trinajstić information content (AvgIpc) is 0.968. The summed E-state index contributed by atoms with van der Waals surface area (Å²) in [7, 11) is 6.47. The van der Waals surface area contributed by atoms with Crippen molar-refractivity contribution in [3.05, 3.63) is 375 Å². The van der Waals surface area contributed by atoms with E-state index < -0.39 is 0 Å². The predicted octanol–water partition coefficient (Wildman–Crippen LogP) is 25.7. The lowest BCUT2D eigenvalue weighted by molar-refractivity contribution is -0.660. The third-order valence-corrected chi connectivity index (χ3v) is 22.8. The molecule has 110 heavy (non-hydrogen) atoms. The number of hydrogen-bond acceptors (Lipinski definition) is 2. The number of aromatic nitrogens is 4. The molecule has 13 aromatic carbocycles. The molecule has 0 bridgehead atoms. The van der Waals surface area contributed by atoms with Crippen molar-refractivity contribution >= 4 is 22.1 Å². The van der Waals surface area contributed by atoms with Crippen molar-refractivity contribution in [2.75, 3.05) is 0 Å². The van der Waals surface area contributed by atoms with Crippen molar-refractivity contribution < 1.29 is 18.1 Å². The molecular formula is C105H79N4O+3. The third-order valence-electron chi connectivity index (χ3n) is 22.8. The van der Waals surface area contributed by atoms with Crippen LogP contribution in [0, 0.1) is 27.7 Å². The van der Waals surface area contributed by atoms with E-state index in [4.69, 9.17) is 9.40 Å². The topological polar surface area (TPSA) is 37.7 Å². The molecule has 21 rings (SSSR count). The fourth-order valence-electron chi connectivity index (χ4n) is 17.6. The Balaban J connectivity index is 0.000000112. The number of rotatable bonds is 4. The van der Waals surface area contributed by atoms with Gasteiger partial charge in [0.1, 0.15) is 21.1 Å². The standard InChI is InChI=1S/C37H27N2O.C37H28N.C31H24N/c1-22-16-18-30-31-19-17-23(2)38-37(31)40-36(30)35(22)34-20-32-28-14-8-6-12-26(28)24-10-4-5-11-25(24)27-13-7-9-15-29(27)33(32)21-39(34)3;1-25-20-21-27(26-12-4-3-5-13-26)24-35(25)37-36-33-19-11-10-17-31(33)29-15-7-6-14-28(29)30-16-8-9-18-32(30)34(36)22-23-38(37)2;1-21-11-3-4-12-22(21)31-30-28-18-10-9-16-26(28)24-14-6-5-13-23(24)25-15-7-8-17-27(25)29(30)19-20-32(31)2/h4-21H,1-3H3;3-24H,1-2H3;3-20H,1-2H3/q3*+1. The lowest BCUT2D eigenvalue weighted by Crippen LogP contribution is -2.31. The first kappa shape index (κ1) is 66.9. The molecule has 0 saturated carbocycles.